The first kappa shape index (κ1) is 19.9. The van der Waals surface area contributed by atoms with Gasteiger partial charge in [0.25, 0.3) is 0 Å². The second-order valence-electron chi connectivity index (χ2n) is 7.52. The number of rotatable bonds is 6. The van der Waals surface area contributed by atoms with Gasteiger partial charge in [0.2, 0.25) is 11.7 Å². The highest BCUT2D eigenvalue weighted by Gasteiger charge is 2.37. The second kappa shape index (κ2) is 8.22. The van der Waals surface area contributed by atoms with E-state index in [2.05, 4.69) is 5.16 Å². The van der Waals surface area contributed by atoms with Crippen LogP contribution in [0.5, 0.6) is 5.75 Å². The number of amides is 1. The van der Waals surface area contributed by atoms with Crippen LogP contribution in [-0.4, -0.2) is 30.7 Å². The molecule has 1 amide bonds. The normalized spacial score (nSPS) is 16.0. The molecule has 1 fully saturated rings. The largest absolute Gasteiger partial charge is 0.495 e. The smallest absolute Gasteiger partial charge is 0.311 e. The maximum absolute atomic E-state index is 12.6. The van der Waals surface area contributed by atoms with Crippen molar-refractivity contribution in [1.29, 1.82) is 0 Å². The van der Waals surface area contributed by atoms with E-state index in [1.54, 1.807) is 30.2 Å². The Kier molecular flexibility index (Phi) is 5.10. The fourth-order valence-electron chi connectivity index (χ4n) is 3.81. The van der Waals surface area contributed by atoms with Crippen LogP contribution in [0.2, 0.25) is 0 Å². The number of anilines is 1. The Labute approximate surface area is 183 Å². The SMILES string of the molecule is COc1ccccc1N1CC(C(=O)OCc2cc(-c3cc4ccccc4o3)on2)CC1=O. The summed E-state index contributed by atoms with van der Waals surface area (Å²) in [6, 6.07) is 18.4. The molecule has 0 radical (unpaired) electrons. The quantitative estimate of drug-likeness (QED) is 0.422. The zero-order chi connectivity index (χ0) is 22.1. The van der Waals surface area contributed by atoms with Crippen LogP contribution in [0.1, 0.15) is 12.1 Å². The van der Waals surface area contributed by atoms with Crippen molar-refractivity contribution in [2.24, 2.45) is 5.92 Å². The number of ether oxygens (including phenoxy) is 2. The van der Waals surface area contributed by atoms with Crippen molar-refractivity contribution in [3.63, 3.8) is 0 Å². The number of furan rings is 1. The number of esters is 1. The molecule has 8 nitrogen and oxygen atoms in total. The lowest BCUT2D eigenvalue weighted by Crippen LogP contribution is -2.26. The van der Waals surface area contributed by atoms with Gasteiger partial charge in [0.05, 0.1) is 18.7 Å². The van der Waals surface area contributed by atoms with E-state index in [1.165, 1.54) is 0 Å². The Hall–Kier alpha value is -4.07. The van der Waals surface area contributed by atoms with Crippen molar-refractivity contribution in [3.8, 4) is 17.3 Å². The zero-order valence-corrected chi connectivity index (χ0v) is 17.3. The number of methoxy groups -OCH3 is 1. The van der Waals surface area contributed by atoms with Crippen LogP contribution >= 0.6 is 0 Å². The summed E-state index contributed by atoms with van der Waals surface area (Å²) >= 11 is 0. The third-order valence-corrected chi connectivity index (χ3v) is 5.42. The first-order chi connectivity index (χ1) is 15.6. The highest BCUT2D eigenvalue weighted by Crippen LogP contribution is 2.33. The summed E-state index contributed by atoms with van der Waals surface area (Å²) in [5.74, 6) is 0.412. The predicted molar refractivity (Wildman–Crippen MR) is 115 cm³/mol. The molecule has 162 valence electrons. The minimum atomic E-state index is -0.561. The van der Waals surface area contributed by atoms with Gasteiger partial charge >= 0.3 is 5.97 Å². The second-order valence-corrected chi connectivity index (χ2v) is 7.52. The highest BCUT2D eigenvalue weighted by atomic mass is 16.5. The van der Waals surface area contributed by atoms with E-state index < -0.39 is 11.9 Å². The number of benzene rings is 2. The summed E-state index contributed by atoms with van der Waals surface area (Å²) in [6.07, 6.45) is 0.0833. The van der Waals surface area contributed by atoms with Crippen LogP contribution in [0.25, 0.3) is 22.5 Å². The summed E-state index contributed by atoms with van der Waals surface area (Å²) < 4.78 is 21.8. The molecule has 2 aromatic carbocycles. The van der Waals surface area contributed by atoms with E-state index in [0.717, 1.165) is 11.0 Å². The Morgan fingerprint density at radius 1 is 1.12 bits per heavy atom. The lowest BCUT2D eigenvalue weighted by molar-refractivity contribution is -0.149. The van der Waals surface area contributed by atoms with Crippen LogP contribution in [0.3, 0.4) is 0 Å². The van der Waals surface area contributed by atoms with E-state index in [4.69, 9.17) is 18.4 Å². The van der Waals surface area contributed by atoms with E-state index in [-0.39, 0.29) is 25.5 Å². The molecular weight excluding hydrogens is 412 g/mol. The van der Waals surface area contributed by atoms with E-state index in [0.29, 0.717) is 28.7 Å². The van der Waals surface area contributed by atoms with Crippen LogP contribution < -0.4 is 9.64 Å². The summed E-state index contributed by atoms with van der Waals surface area (Å²) in [6.45, 7) is 0.184. The average Bonchev–Trinajstić information content (AvgIpc) is 3.55. The van der Waals surface area contributed by atoms with Crippen molar-refractivity contribution in [1.82, 2.24) is 5.16 Å². The van der Waals surface area contributed by atoms with Crippen LogP contribution in [0.15, 0.2) is 69.6 Å². The van der Waals surface area contributed by atoms with Crippen molar-refractivity contribution in [2.45, 2.75) is 13.0 Å². The van der Waals surface area contributed by atoms with Gasteiger partial charge < -0.3 is 23.3 Å². The molecule has 1 unspecified atom stereocenters. The van der Waals surface area contributed by atoms with Crippen molar-refractivity contribution >= 4 is 28.5 Å². The number of carbonyl (C=O) groups excluding carboxylic acids is 2. The zero-order valence-electron chi connectivity index (χ0n) is 17.3. The maximum atomic E-state index is 12.6. The van der Waals surface area contributed by atoms with Gasteiger partial charge in [-0.2, -0.15) is 0 Å². The Morgan fingerprint density at radius 3 is 2.78 bits per heavy atom. The molecule has 1 saturated heterocycles. The van der Waals surface area contributed by atoms with Gasteiger partial charge in [-0.05, 0) is 24.3 Å². The predicted octanol–water partition coefficient (Wildman–Crippen LogP) is 4.19. The van der Waals surface area contributed by atoms with Gasteiger partial charge in [-0.3, -0.25) is 9.59 Å². The number of hydrogen-bond acceptors (Lipinski definition) is 7. The minimum Gasteiger partial charge on any atom is -0.495 e. The molecule has 5 rings (SSSR count). The lowest BCUT2D eigenvalue weighted by atomic mass is 10.1. The third-order valence-electron chi connectivity index (χ3n) is 5.42. The Bertz CT molecular complexity index is 1260. The van der Waals surface area contributed by atoms with Crippen LogP contribution in [0.4, 0.5) is 5.69 Å². The molecule has 0 saturated carbocycles. The van der Waals surface area contributed by atoms with Gasteiger partial charge in [0, 0.05) is 24.4 Å². The average molecular weight is 432 g/mol. The van der Waals surface area contributed by atoms with E-state index in [9.17, 15) is 9.59 Å². The molecule has 0 bridgehead atoms. The fraction of sp³-hybridized carbons (Fsp3) is 0.208. The number of carbonyl (C=O) groups is 2. The van der Waals surface area contributed by atoms with Crippen LogP contribution in [0, 0.1) is 5.92 Å². The number of hydrogen-bond donors (Lipinski definition) is 0. The van der Waals surface area contributed by atoms with E-state index in [1.807, 2.05) is 42.5 Å². The molecule has 1 atom stereocenters. The molecule has 4 aromatic rings. The number of fused-ring (bicyclic) bond motifs is 1. The highest BCUT2D eigenvalue weighted by molar-refractivity contribution is 6.00. The van der Waals surface area contributed by atoms with Crippen molar-refractivity contribution < 1.29 is 28.0 Å². The standard InChI is InChI=1S/C24H20N2O6/c1-29-20-9-5-3-7-18(20)26-13-16(11-23(26)27)24(28)30-14-17-12-22(32-25-17)21-10-15-6-2-4-8-19(15)31-21/h2-10,12,16H,11,13-14H2,1H3. The molecule has 1 aliphatic heterocycles. The van der Waals surface area contributed by atoms with E-state index >= 15 is 0 Å². The molecule has 32 heavy (non-hydrogen) atoms. The third kappa shape index (κ3) is 3.71. The summed E-state index contributed by atoms with van der Waals surface area (Å²) in [4.78, 5) is 26.6. The first-order valence-electron chi connectivity index (χ1n) is 10.2. The van der Waals surface area contributed by atoms with Gasteiger partial charge in [0.15, 0.2) is 5.76 Å². The molecule has 0 spiro atoms. The topological polar surface area (TPSA) is 95.0 Å². The number of para-hydroxylation sites is 3. The van der Waals surface area contributed by atoms with Crippen molar-refractivity contribution in [3.05, 3.63) is 66.4 Å². The number of nitrogens with zero attached hydrogens (tertiary/aromatic N) is 2. The Morgan fingerprint density at radius 2 is 1.94 bits per heavy atom. The summed E-state index contributed by atoms with van der Waals surface area (Å²) in [7, 11) is 1.54. The van der Waals surface area contributed by atoms with Gasteiger partial charge in [-0.15, -0.1) is 0 Å². The number of aromatic nitrogens is 1. The Balaban J connectivity index is 1.22. The molecule has 8 heteroatoms. The molecule has 2 aromatic heterocycles. The van der Waals surface area contributed by atoms with Crippen molar-refractivity contribution in [2.75, 3.05) is 18.6 Å². The molecular formula is C24H20N2O6. The molecule has 0 aliphatic carbocycles. The maximum Gasteiger partial charge on any atom is 0.311 e. The molecule has 0 N–H and O–H groups in total. The van der Waals surface area contributed by atoms with Gasteiger partial charge in [-0.25, -0.2) is 0 Å². The lowest BCUT2D eigenvalue weighted by Gasteiger charge is -2.19. The fourth-order valence-corrected chi connectivity index (χ4v) is 3.81. The summed E-state index contributed by atoms with van der Waals surface area (Å²) in [5.41, 5.74) is 1.85. The summed E-state index contributed by atoms with van der Waals surface area (Å²) in [5, 5.41) is 4.91. The minimum absolute atomic E-state index is 0.0537. The molecule has 3 heterocycles. The van der Waals surface area contributed by atoms with Gasteiger partial charge in [0.1, 0.15) is 23.6 Å². The first-order valence-corrected chi connectivity index (χ1v) is 10.2. The van der Waals surface area contributed by atoms with Crippen LogP contribution in [-0.2, 0) is 20.9 Å². The molecule has 1 aliphatic rings. The van der Waals surface area contributed by atoms with Gasteiger partial charge in [-0.1, -0.05) is 35.5 Å². The monoisotopic (exact) mass is 432 g/mol.